The molecule has 2 rings (SSSR count). The highest BCUT2D eigenvalue weighted by atomic mass is 19.1. The Morgan fingerprint density at radius 2 is 2.04 bits per heavy atom. The molecule has 2 aromatic rings. The molecule has 0 aliphatic heterocycles. The molecule has 0 bridgehead atoms. The van der Waals surface area contributed by atoms with Gasteiger partial charge in [0.25, 0.3) is 0 Å². The Kier molecular flexibility index (Phi) is 5.45. The number of nitrogens with one attached hydrogen (secondary N) is 1. The number of hydrogen-bond donors (Lipinski definition) is 1. The number of halogens is 1. The number of carbonyl (C=O) groups is 1. The van der Waals surface area contributed by atoms with Crippen molar-refractivity contribution in [2.24, 2.45) is 0 Å². The summed E-state index contributed by atoms with van der Waals surface area (Å²) in [6.07, 6.45) is 0. The lowest BCUT2D eigenvalue weighted by Gasteiger charge is -2.24. The van der Waals surface area contributed by atoms with Gasteiger partial charge in [-0.1, -0.05) is 24.3 Å². The molecule has 0 saturated carbocycles. The van der Waals surface area contributed by atoms with Crippen molar-refractivity contribution in [1.82, 2.24) is 4.90 Å². The highest BCUT2D eigenvalue weighted by Crippen LogP contribution is 2.13. The van der Waals surface area contributed by atoms with E-state index in [1.165, 1.54) is 6.07 Å². The van der Waals surface area contributed by atoms with Crippen molar-refractivity contribution in [3.05, 3.63) is 65.5 Å². The minimum atomic E-state index is -0.444. The van der Waals surface area contributed by atoms with Gasteiger partial charge in [-0.2, -0.15) is 5.26 Å². The molecule has 0 saturated heterocycles. The molecule has 2 aromatic carbocycles. The van der Waals surface area contributed by atoms with Crippen LogP contribution in [-0.4, -0.2) is 23.9 Å². The molecule has 1 amide bonds. The molecule has 0 aliphatic carbocycles. The van der Waals surface area contributed by atoms with Crippen LogP contribution in [0.3, 0.4) is 0 Å². The minimum Gasteiger partial charge on any atom is -0.325 e. The first-order valence-electron chi connectivity index (χ1n) is 7.26. The minimum absolute atomic E-state index is 0.209. The van der Waals surface area contributed by atoms with Gasteiger partial charge in [0.15, 0.2) is 0 Å². The number of nitriles is 1. The van der Waals surface area contributed by atoms with E-state index in [9.17, 15) is 9.18 Å². The maximum absolute atomic E-state index is 13.7. The van der Waals surface area contributed by atoms with Gasteiger partial charge in [-0.15, -0.1) is 0 Å². The molecule has 0 heterocycles. The average Bonchev–Trinajstić information content (AvgIpc) is 2.56. The summed E-state index contributed by atoms with van der Waals surface area (Å²) in [5, 5.41) is 11.6. The fourth-order valence-corrected chi connectivity index (χ4v) is 2.15. The number of amides is 1. The Bertz CT molecular complexity index is 739. The predicted octanol–water partition coefficient (Wildman–Crippen LogP) is 3.16. The van der Waals surface area contributed by atoms with E-state index in [0.29, 0.717) is 23.4 Å². The number of nitrogens with zero attached hydrogens (tertiary/aromatic N) is 2. The third kappa shape index (κ3) is 4.38. The summed E-state index contributed by atoms with van der Waals surface area (Å²) in [6.45, 7) is 2.09. The Morgan fingerprint density at radius 1 is 1.30 bits per heavy atom. The largest absolute Gasteiger partial charge is 0.325 e. The van der Waals surface area contributed by atoms with E-state index < -0.39 is 6.04 Å². The molecular weight excluding hydrogens is 293 g/mol. The van der Waals surface area contributed by atoms with E-state index in [1.54, 1.807) is 61.3 Å². The second kappa shape index (κ2) is 7.52. The van der Waals surface area contributed by atoms with Crippen LogP contribution in [0.25, 0.3) is 0 Å². The molecule has 1 N–H and O–H groups in total. The summed E-state index contributed by atoms with van der Waals surface area (Å²) in [6, 6.07) is 14.8. The van der Waals surface area contributed by atoms with Crippen molar-refractivity contribution < 1.29 is 9.18 Å². The van der Waals surface area contributed by atoms with Crippen molar-refractivity contribution in [2.45, 2.75) is 19.5 Å². The van der Waals surface area contributed by atoms with Gasteiger partial charge in [0, 0.05) is 17.8 Å². The zero-order chi connectivity index (χ0) is 16.8. The standard InChI is InChI=1S/C18H18FN3O/c1-13(22(2)12-15-7-3-4-9-17(15)19)18(23)21-16-8-5-6-14(10-16)11-20/h3-10,13H,12H2,1-2H3,(H,21,23)/t13-/m1/s1. The van der Waals surface area contributed by atoms with Gasteiger partial charge in [0.05, 0.1) is 17.7 Å². The lowest BCUT2D eigenvalue weighted by molar-refractivity contribution is -0.120. The zero-order valence-electron chi connectivity index (χ0n) is 13.1. The first kappa shape index (κ1) is 16.7. The van der Waals surface area contributed by atoms with E-state index in [4.69, 9.17) is 5.26 Å². The molecule has 0 aromatic heterocycles. The van der Waals surface area contributed by atoms with Gasteiger partial charge in [0.1, 0.15) is 5.82 Å². The van der Waals surface area contributed by atoms with E-state index in [-0.39, 0.29) is 11.7 Å². The molecular formula is C18H18FN3O. The number of hydrogen-bond acceptors (Lipinski definition) is 3. The van der Waals surface area contributed by atoms with Gasteiger partial charge in [-0.05, 0) is 38.2 Å². The lowest BCUT2D eigenvalue weighted by Crippen LogP contribution is -2.39. The molecule has 0 unspecified atom stereocenters. The molecule has 23 heavy (non-hydrogen) atoms. The van der Waals surface area contributed by atoms with E-state index in [1.807, 2.05) is 6.07 Å². The van der Waals surface area contributed by atoms with Crippen LogP contribution in [0.15, 0.2) is 48.5 Å². The van der Waals surface area contributed by atoms with Gasteiger partial charge >= 0.3 is 0 Å². The highest BCUT2D eigenvalue weighted by Gasteiger charge is 2.19. The van der Waals surface area contributed by atoms with Crippen molar-refractivity contribution in [2.75, 3.05) is 12.4 Å². The topological polar surface area (TPSA) is 56.1 Å². The quantitative estimate of drug-likeness (QED) is 0.923. The van der Waals surface area contributed by atoms with Crippen molar-refractivity contribution in [3.63, 3.8) is 0 Å². The average molecular weight is 311 g/mol. The molecule has 0 fully saturated rings. The maximum Gasteiger partial charge on any atom is 0.241 e. The normalized spacial score (nSPS) is 11.8. The molecule has 118 valence electrons. The maximum atomic E-state index is 13.7. The zero-order valence-corrected chi connectivity index (χ0v) is 13.1. The van der Waals surface area contributed by atoms with Crippen LogP contribution < -0.4 is 5.32 Å². The van der Waals surface area contributed by atoms with E-state index in [0.717, 1.165) is 0 Å². The third-order valence-electron chi connectivity index (χ3n) is 3.68. The number of carbonyl (C=O) groups excluding carboxylic acids is 1. The van der Waals surface area contributed by atoms with Crippen LogP contribution in [0, 0.1) is 17.1 Å². The lowest BCUT2D eigenvalue weighted by atomic mass is 10.1. The van der Waals surface area contributed by atoms with E-state index >= 15 is 0 Å². The second-order valence-electron chi connectivity index (χ2n) is 5.36. The predicted molar refractivity (Wildman–Crippen MR) is 87.1 cm³/mol. The molecule has 0 aliphatic rings. The summed E-state index contributed by atoms with van der Waals surface area (Å²) < 4.78 is 13.7. The van der Waals surface area contributed by atoms with Crippen LogP contribution in [0.5, 0.6) is 0 Å². The molecule has 0 spiro atoms. The number of anilines is 1. The highest BCUT2D eigenvalue weighted by molar-refractivity contribution is 5.94. The fraction of sp³-hybridized carbons (Fsp3) is 0.222. The van der Waals surface area contributed by atoms with Crippen molar-refractivity contribution in [1.29, 1.82) is 5.26 Å². The molecule has 1 atom stereocenters. The van der Waals surface area contributed by atoms with Crippen LogP contribution in [-0.2, 0) is 11.3 Å². The summed E-state index contributed by atoms with van der Waals surface area (Å²) in [4.78, 5) is 14.1. The van der Waals surface area contributed by atoms with Crippen LogP contribution in [0.2, 0.25) is 0 Å². The Morgan fingerprint density at radius 3 is 2.74 bits per heavy atom. The van der Waals surface area contributed by atoms with Crippen LogP contribution in [0.1, 0.15) is 18.1 Å². The number of benzene rings is 2. The van der Waals surface area contributed by atoms with Gasteiger partial charge in [0.2, 0.25) is 5.91 Å². The van der Waals surface area contributed by atoms with Gasteiger partial charge < -0.3 is 5.32 Å². The summed E-state index contributed by atoms with van der Waals surface area (Å²) in [5.41, 5.74) is 1.59. The number of likely N-dealkylation sites (N-methyl/N-ethyl adjacent to an activating group) is 1. The first-order valence-corrected chi connectivity index (χ1v) is 7.26. The molecule has 4 nitrogen and oxygen atoms in total. The SMILES string of the molecule is C[C@H](C(=O)Nc1cccc(C#N)c1)N(C)Cc1ccccc1F. The van der Waals surface area contributed by atoms with Crippen LogP contribution in [0.4, 0.5) is 10.1 Å². The second-order valence-corrected chi connectivity index (χ2v) is 5.36. The number of rotatable bonds is 5. The molecule has 0 radical (unpaired) electrons. The van der Waals surface area contributed by atoms with Gasteiger partial charge in [-0.3, -0.25) is 9.69 Å². The Hall–Kier alpha value is -2.71. The Labute approximate surface area is 135 Å². The summed E-state index contributed by atoms with van der Waals surface area (Å²) >= 11 is 0. The Balaban J connectivity index is 2.01. The fourth-order valence-electron chi connectivity index (χ4n) is 2.15. The van der Waals surface area contributed by atoms with E-state index in [2.05, 4.69) is 5.32 Å². The smallest absolute Gasteiger partial charge is 0.241 e. The summed E-state index contributed by atoms with van der Waals surface area (Å²) in [5.74, 6) is -0.493. The summed E-state index contributed by atoms with van der Waals surface area (Å²) in [7, 11) is 1.77. The molecule has 5 heteroatoms. The van der Waals surface area contributed by atoms with Crippen molar-refractivity contribution in [3.8, 4) is 6.07 Å². The van der Waals surface area contributed by atoms with Gasteiger partial charge in [-0.25, -0.2) is 4.39 Å². The third-order valence-corrected chi connectivity index (χ3v) is 3.68. The van der Waals surface area contributed by atoms with Crippen LogP contribution >= 0.6 is 0 Å². The van der Waals surface area contributed by atoms with Crippen molar-refractivity contribution >= 4 is 11.6 Å². The monoisotopic (exact) mass is 311 g/mol. The first-order chi connectivity index (χ1) is 11.0.